The largest absolute Gasteiger partial charge is 0.434 e. The molecule has 0 bridgehead atoms. The number of hydrogen-bond donors (Lipinski definition) is 1. The van der Waals surface area contributed by atoms with Gasteiger partial charge in [-0.1, -0.05) is 67.6 Å². The lowest BCUT2D eigenvalue weighted by Gasteiger charge is -2.41. The Morgan fingerprint density at radius 1 is 0.841 bits per heavy atom. The van der Waals surface area contributed by atoms with Gasteiger partial charge < -0.3 is 15.0 Å². The number of alkyl halides is 2. The lowest BCUT2D eigenvalue weighted by atomic mass is 9.92. The fourth-order valence-corrected chi connectivity index (χ4v) is 5.93. The van der Waals surface area contributed by atoms with Crippen molar-refractivity contribution < 1.29 is 13.5 Å². The van der Waals surface area contributed by atoms with E-state index in [0.29, 0.717) is 23.1 Å². The zero-order valence-electron chi connectivity index (χ0n) is 24.5. The van der Waals surface area contributed by atoms with Gasteiger partial charge in [-0.3, -0.25) is 0 Å². The Kier molecular flexibility index (Phi) is 6.93. The molecular formula is C35H30F2N6O. The van der Waals surface area contributed by atoms with Crippen molar-refractivity contribution in [2.45, 2.75) is 39.8 Å². The monoisotopic (exact) mass is 588 g/mol. The van der Waals surface area contributed by atoms with Gasteiger partial charge in [-0.2, -0.15) is 13.9 Å². The zero-order valence-corrected chi connectivity index (χ0v) is 24.5. The smallest absolute Gasteiger partial charge is 0.387 e. The highest BCUT2D eigenvalue weighted by molar-refractivity contribution is 6.51. The number of anilines is 2. The predicted molar refractivity (Wildman–Crippen MR) is 171 cm³/mol. The molecule has 44 heavy (non-hydrogen) atoms. The number of para-hydroxylation sites is 4. The number of rotatable bonds is 6. The van der Waals surface area contributed by atoms with Crippen molar-refractivity contribution >= 4 is 34.6 Å². The molecule has 0 radical (unpaired) electrons. The first-order valence-electron chi connectivity index (χ1n) is 14.5. The summed E-state index contributed by atoms with van der Waals surface area (Å²) in [4.78, 5) is 12.3. The van der Waals surface area contributed by atoms with Gasteiger partial charge in [0.2, 0.25) is 0 Å². The number of fused-ring (bicyclic) bond motifs is 4. The molecule has 0 fully saturated rings. The number of aryl methyl sites for hydroxylation is 3. The van der Waals surface area contributed by atoms with E-state index in [1.165, 1.54) is 5.56 Å². The molecule has 0 aliphatic carbocycles. The van der Waals surface area contributed by atoms with E-state index >= 15 is 0 Å². The standard InChI is InChI=1S/C35H30F2N6O/c1-4-23-17-19-24(20-18-23)38-32-34-40-33-30(22(3)41-43(33)27-14-8-5-11-21(27)2)31(25-12-6-10-16-29(25)44-35(36)37)42(34)28-15-9-7-13-26(28)39-32/h5-20,31,35H,4H2,1-3H3,(H,38,39). The SMILES string of the molecule is CCc1ccc(NC2=Nc3ccccc3N3C2=Nc2c(c(C)nn2-c2ccccc2C)C3c2ccccc2OC(F)F)cc1. The quantitative estimate of drug-likeness (QED) is 0.216. The number of halogens is 2. The Bertz CT molecular complexity index is 1930. The third kappa shape index (κ3) is 4.70. The summed E-state index contributed by atoms with van der Waals surface area (Å²) in [6, 6.07) is 30.3. The molecule has 7 rings (SSSR count). The summed E-state index contributed by atoms with van der Waals surface area (Å²) in [6.07, 6.45) is 0.932. The van der Waals surface area contributed by atoms with Crippen LogP contribution < -0.4 is 15.0 Å². The molecule has 1 atom stereocenters. The highest BCUT2D eigenvalue weighted by atomic mass is 19.3. The van der Waals surface area contributed by atoms with Gasteiger partial charge in [0, 0.05) is 16.8 Å². The van der Waals surface area contributed by atoms with Gasteiger partial charge in [0.25, 0.3) is 0 Å². The minimum Gasteiger partial charge on any atom is -0.434 e. The molecule has 0 amide bonds. The molecule has 9 heteroatoms. The van der Waals surface area contributed by atoms with E-state index in [-0.39, 0.29) is 5.75 Å². The number of aromatic nitrogens is 2. The van der Waals surface area contributed by atoms with Crippen LogP contribution in [-0.4, -0.2) is 28.1 Å². The first kappa shape index (κ1) is 27.5. The van der Waals surface area contributed by atoms with E-state index in [0.717, 1.165) is 46.0 Å². The van der Waals surface area contributed by atoms with E-state index in [1.807, 2.05) is 91.3 Å². The number of ether oxygens (including phenoxy) is 1. The summed E-state index contributed by atoms with van der Waals surface area (Å²) in [5, 5.41) is 8.46. The summed E-state index contributed by atoms with van der Waals surface area (Å²) >= 11 is 0. The Hall–Kier alpha value is -5.31. The minimum atomic E-state index is -2.98. The molecule has 2 aliphatic rings. The fourth-order valence-electron chi connectivity index (χ4n) is 5.93. The van der Waals surface area contributed by atoms with E-state index in [4.69, 9.17) is 19.8 Å². The van der Waals surface area contributed by atoms with Crippen molar-refractivity contribution in [2.24, 2.45) is 9.98 Å². The molecule has 3 heterocycles. The van der Waals surface area contributed by atoms with Crippen molar-refractivity contribution in [1.82, 2.24) is 9.78 Å². The number of benzene rings is 4. The molecule has 1 N–H and O–H groups in total. The van der Waals surface area contributed by atoms with Crippen LogP contribution in [0.5, 0.6) is 5.75 Å². The summed E-state index contributed by atoms with van der Waals surface area (Å²) in [5.74, 6) is 1.77. The van der Waals surface area contributed by atoms with Crippen LogP contribution in [0.2, 0.25) is 0 Å². The maximum absolute atomic E-state index is 13.7. The lowest BCUT2D eigenvalue weighted by Crippen LogP contribution is -2.46. The van der Waals surface area contributed by atoms with E-state index < -0.39 is 12.7 Å². The highest BCUT2D eigenvalue weighted by Gasteiger charge is 2.42. The Morgan fingerprint density at radius 3 is 2.30 bits per heavy atom. The summed E-state index contributed by atoms with van der Waals surface area (Å²) in [7, 11) is 0. The zero-order chi connectivity index (χ0) is 30.4. The van der Waals surface area contributed by atoms with Crippen molar-refractivity contribution in [3.05, 3.63) is 125 Å². The molecule has 7 nitrogen and oxygen atoms in total. The molecule has 0 spiro atoms. The van der Waals surface area contributed by atoms with Crippen molar-refractivity contribution in [2.75, 3.05) is 10.2 Å². The average molecular weight is 589 g/mol. The molecule has 2 aliphatic heterocycles. The van der Waals surface area contributed by atoms with Crippen molar-refractivity contribution in [3.63, 3.8) is 0 Å². The maximum atomic E-state index is 13.7. The van der Waals surface area contributed by atoms with Crippen LogP contribution in [0.4, 0.5) is 31.7 Å². The average Bonchev–Trinajstić information content (AvgIpc) is 3.36. The minimum absolute atomic E-state index is 0.0902. The van der Waals surface area contributed by atoms with Crippen molar-refractivity contribution in [1.29, 1.82) is 0 Å². The molecule has 5 aromatic rings. The second-order valence-corrected chi connectivity index (χ2v) is 10.8. The second-order valence-electron chi connectivity index (χ2n) is 10.8. The number of nitrogens with one attached hydrogen (secondary N) is 1. The van der Waals surface area contributed by atoms with Crippen LogP contribution >= 0.6 is 0 Å². The molecular weight excluding hydrogens is 558 g/mol. The molecule has 0 saturated heterocycles. The lowest BCUT2D eigenvalue weighted by molar-refractivity contribution is -0.0505. The van der Waals surface area contributed by atoms with E-state index in [2.05, 4.69) is 29.3 Å². The summed E-state index contributed by atoms with van der Waals surface area (Å²) < 4.78 is 34.4. The van der Waals surface area contributed by atoms with Gasteiger partial charge in [0.05, 0.1) is 28.8 Å². The van der Waals surface area contributed by atoms with Gasteiger partial charge in [0.1, 0.15) is 5.75 Å². The van der Waals surface area contributed by atoms with Crippen molar-refractivity contribution in [3.8, 4) is 11.4 Å². The van der Waals surface area contributed by atoms with Gasteiger partial charge >= 0.3 is 6.61 Å². The van der Waals surface area contributed by atoms with Crippen LogP contribution in [-0.2, 0) is 6.42 Å². The first-order valence-corrected chi connectivity index (χ1v) is 14.5. The predicted octanol–water partition coefficient (Wildman–Crippen LogP) is 8.45. The topological polar surface area (TPSA) is 67.0 Å². The van der Waals surface area contributed by atoms with Gasteiger partial charge in [-0.05, 0) is 67.8 Å². The van der Waals surface area contributed by atoms with Gasteiger partial charge in [0.15, 0.2) is 17.5 Å². The molecule has 1 unspecified atom stereocenters. The van der Waals surface area contributed by atoms with Crippen LogP contribution in [0.25, 0.3) is 5.69 Å². The summed E-state index contributed by atoms with van der Waals surface area (Å²) in [5.41, 5.74) is 7.60. The number of hydrogen-bond acceptors (Lipinski definition) is 6. The van der Waals surface area contributed by atoms with Crippen LogP contribution in [0.1, 0.15) is 40.9 Å². The Balaban J connectivity index is 1.50. The molecule has 220 valence electrons. The number of amidine groups is 2. The highest BCUT2D eigenvalue weighted by Crippen LogP contribution is 2.50. The third-order valence-electron chi connectivity index (χ3n) is 8.04. The Morgan fingerprint density at radius 2 is 1.55 bits per heavy atom. The molecule has 4 aromatic carbocycles. The van der Waals surface area contributed by atoms with Gasteiger partial charge in [-0.25, -0.2) is 14.7 Å². The van der Waals surface area contributed by atoms with Crippen LogP contribution in [0.3, 0.4) is 0 Å². The second kappa shape index (κ2) is 11.1. The normalized spacial score (nSPS) is 15.2. The number of aliphatic imine (C=N–C) groups is 2. The number of nitrogens with zero attached hydrogens (tertiary/aromatic N) is 5. The van der Waals surface area contributed by atoms with E-state index in [1.54, 1.807) is 12.1 Å². The van der Waals surface area contributed by atoms with Crippen LogP contribution in [0, 0.1) is 13.8 Å². The third-order valence-corrected chi connectivity index (χ3v) is 8.04. The molecule has 0 saturated carbocycles. The summed E-state index contributed by atoms with van der Waals surface area (Å²) in [6.45, 7) is 3.08. The van der Waals surface area contributed by atoms with E-state index in [9.17, 15) is 8.78 Å². The van der Waals surface area contributed by atoms with Crippen LogP contribution in [0.15, 0.2) is 107 Å². The first-order chi connectivity index (χ1) is 21.4. The maximum Gasteiger partial charge on any atom is 0.387 e. The van der Waals surface area contributed by atoms with Gasteiger partial charge in [-0.15, -0.1) is 0 Å². The molecule has 1 aromatic heterocycles. The fraction of sp³-hybridized carbons (Fsp3) is 0.171. The Labute approximate surface area is 254 Å².